The third-order valence-electron chi connectivity index (χ3n) is 3.68. The zero-order chi connectivity index (χ0) is 17.2. The first-order valence-electron chi connectivity index (χ1n) is 7.48. The van der Waals surface area contributed by atoms with Crippen molar-refractivity contribution in [1.82, 2.24) is 20.2 Å². The minimum absolute atomic E-state index is 0.310. The van der Waals surface area contributed by atoms with E-state index >= 15 is 0 Å². The predicted molar refractivity (Wildman–Crippen MR) is 101 cm³/mol. The van der Waals surface area contributed by atoms with Gasteiger partial charge in [-0.25, -0.2) is 5.43 Å². The number of halogens is 1. The molecule has 0 radical (unpaired) electrons. The van der Waals surface area contributed by atoms with E-state index in [0.29, 0.717) is 11.6 Å². The molecule has 0 atom stereocenters. The molecule has 8 heteroatoms. The molecule has 2 aromatic heterocycles. The Morgan fingerprint density at radius 2 is 2.08 bits per heavy atom. The monoisotopic (exact) mass is 396 g/mol. The number of hydrazone groups is 1. The molecule has 2 heterocycles. The maximum atomic E-state index is 5.31. The fraction of sp³-hybridized carbons (Fsp3) is 0.0588. The SMILES string of the molecule is COc1ccc(Br)cc1C=NNc1nnc2c(n1)[nH]c1ccccc12. The van der Waals surface area contributed by atoms with Gasteiger partial charge in [0.05, 0.1) is 13.3 Å². The second-order valence-corrected chi connectivity index (χ2v) is 6.18. The highest BCUT2D eigenvalue weighted by molar-refractivity contribution is 9.10. The van der Waals surface area contributed by atoms with E-state index in [0.717, 1.165) is 32.2 Å². The number of ether oxygens (including phenoxy) is 1. The van der Waals surface area contributed by atoms with Crippen LogP contribution in [0.1, 0.15) is 5.56 Å². The molecule has 4 rings (SSSR count). The number of hydrogen-bond donors (Lipinski definition) is 2. The average Bonchev–Trinajstić information content (AvgIpc) is 3.00. The Morgan fingerprint density at radius 3 is 2.96 bits per heavy atom. The number of para-hydroxylation sites is 1. The fourth-order valence-corrected chi connectivity index (χ4v) is 2.91. The van der Waals surface area contributed by atoms with Gasteiger partial charge in [-0.15, -0.1) is 10.2 Å². The molecular formula is C17H13BrN6O. The van der Waals surface area contributed by atoms with Crippen molar-refractivity contribution in [3.8, 4) is 5.75 Å². The molecule has 124 valence electrons. The van der Waals surface area contributed by atoms with E-state index in [1.807, 2.05) is 42.5 Å². The number of H-pyrrole nitrogens is 1. The lowest BCUT2D eigenvalue weighted by atomic mass is 10.2. The van der Waals surface area contributed by atoms with Crippen molar-refractivity contribution in [2.75, 3.05) is 12.5 Å². The van der Waals surface area contributed by atoms with E-state index < -0.39 is 0 Å². The summed E-state index contributed by atoms with van der Waals surface area (Å²) in [6.07, 6.45) is 1.64. The first-order chi connectivity index (χ1) is 12.2. The number of anilines is 1. The van der Waals surface area contributed by atoms with Crippen LogP contribution in [-0.4, -0.2) is 33.5 Å². The Hall–Kier alpha value is -3.00. The fourth-order valence-electron chi connectivity index (χ4n) is 2.53. The number of fused-ring (bicyclic) bond motifs is 3. The smallest absolute Gasteiger partial charge is 0.265 e. The molecule has 25 heavy (non-hydrogen) atoms. The Morgan fingerprint density at radius 1 is 1.20 bits per heavy atom. The number of methoxy groups -OCH3 is 1. The summed E-state index contributed by atoms with van der Waals surface area (Å²) in [7, 11) is 1.62. The van der Waals surface area contributed by atoms with Crippen molar-refractivity contribution < 1.29 is 4.74 Å². The average molecular weight is 397 g/mol. The molecule has 0 aliphatic rings. The van der Waals surface area contributed by atoms with E-state index in [9.17, 15) is 0 Å². The Kier molecular flexibility index (Phi) is 4.02. The van der Waals surface area contributed by atoms with Crippen LogP contribution in [0.5, 0.6) is 5.75 Å². The summed E-state index contributed by atoms with van der Waals surface area (Å²) >= 11 is 3.43. The molecule has 0 aliphatic heterocycles. The lowest BCUT2D eigenvalue weighted by Gasteiger charge is -2.04. The van der Waals surface area contributed by atoms with Crippen molar-refractivity contribution in [1.29, 1.82) is 0 Å². The number of nitrogens with one attached hydrogen (secondary N) is 2. The van der Waals surface area contributed by atoms with Crippen LogP contribution in [0.2, 0.25) is 0 Å². The van der Waals surface area contributed by atoms with Gasteiger partial charge in [-0.1, -0.05) is 34.1 Å². The summed E-state index contributed by atoms with van der Waals surface area (Å²) in [4.78, 5) is 7.63. The highest BCUT2D eigenvalue weighted by Crippen LogP contribution is 2.22. The third kappa shape index (κ3) is 3.03. The Balaban J connectivity index is 1.61. The maximum absolute atomic E-state index is 5.31. The van der Waals surface area contributed by atoms with Gasteiger partial charge in [0, 0.05) is 20.9 Å². The van der Waals surface area contributed by atoms with Crippen molar-refractivity contribution in [3.63, 3.8) is 0 Å². The number of aromatic amines is 1. The Bertz CT molecular complexity index is 1090. The summed E-state index contributed by atoms with van der Waals surface area (Å²) in [6, 6.07) is 13.5. The molecule has 7 nitrogen and oxygen atoms in total. The largest absolute Gasteiger partial charge is 0.496 e. The van der Waals surface area contributed by atoms with Crippen molar-refractivity contribution >= 4 is 50.2 Å². The van der Waals surface area contributed by atoms with Gasteiger partial charge in [-0.2, -0.15) is 10.1 Å². The van der Waals surface area contributed by atoms with Crippen molar-refractivity contribution in [2.24, 2.45) is 5.10 Å². The van der Waals surface area contributed by atoms with E-state index in [2.05, 4.69) is 46.6 Å². The molecule has 0 saturated carbocycles. The standard InChI is InChI=1S/C17H13BrN6O/c1-25-14-7-6-11(18)8-10(14)9-19-23-17-21-16-15(22-24-17)12-4-2-3-5-13(12)20-16/h2-9H,1H3,(H2,20,21,23,24). The quantitative estimate of drug-likeness (QED) is 0.405. The Labute approximate surface area is 151 Å². The molecule has 0 fully saturated rings. The highest BCUT2D eigenvalue weighted by atomic mass is 79.9. The second-order valence-electron chi connectivity index (χ2n) is 5.26. The molecule has 0 amide bonds. The van der Waals surface area contributed by atoms with Crippen molar-refractivity contribution in [3.05, 3.63) is 52.5 Å². The van der Waals surface area contributed by atoms with Gasteiger partial charge >= 0.3 is 0 Å². The van der Waals surface area contributed by atoms with Gasteiger partial charge in [-0.05, 0) is 24.3 Å². The highest BCUT2D eigenvalue weighted by Gasteiger charge is 2.08. The minimum atomic E-state index is 0.310. The number of benzene rings is 2. The van der Waals surface area contributed by atoms with Crippen LogP contribution >= 0.6 is 15.9 Å². The molecular weight excluding hydrogens is 384 g/mol. The zero-order valence-electron chi connectivity index (χ0n) is 13.2. The van der Waals surface area contributed by atoms with Crippen LogP contribution in [0.25, 0.3) is 22.1 Å². The molecule has 0 aliphatic carbocycles. The van der Waals surface area contributed by atoms with Gasteiger partial charge in [0.1, 0.15) is 11.3 Å². The number of rotatable bonds is 4. The predicted octanol–water partition coefficient (Wildman–Crippen LogP) is 3.72. The van der Waals surface area contributed by atoms with Crippen LogP contribution < -0.4 is 10.2 Å². The molecule has 2 aromatic carbocycles. The minimum Gasteiger partial charge on any atom is -0.496 e. The van der Waals surface area contributed by atoms with Gasteiger partial charge in [0.2, 0.25) is 0 Å². The summed E-state index contributed by atoms with van der Waals surface area (Å²) in [5.74, 6) is 1.03. The van der Waals surface area contributed by atoms with Crippen molar-refractivity contribution in [2.45, 2.75) is 0 Å². The molecule has 0 saturated heterocycles. The molecule has 0 unspecified atom stereocenters. The summed E-state index contributed by atoms with van der Waals surface area (Å²) in [5, 5.41) is 13.5. The topological polar surface area (TPSA) is 88.1 Å². The molecule has 2 N–H and O–H groups in total. The summed E-state index contributed by atoms with van der Waals surface area (Å²) in [5.41, 5.74) is 5.98. The summed E-state index contributed by atoms with van der Waals surface area (Å²) in [6.45, 7) is 0. The van der Waals surface area contributed by atoms with Gasteiger partial charge in [-0.3, -0.25) is 0 Å². The maximum Gasteiger partial charge on any atom is 0.265 e. The van der Waals surface area contributed by atoms with Crippen LogP contribution in [0.3, 0.4) is 0 Å². The number of aromatic nitrogens is 4. The van der Waals surface area contributed by atoms with Gasteiger partial charge < -0.3 is 9.72 Å². The molecule has 4 aromatic rings. The van der Waals surface area contributed by atoms with Crippen LogP contribution in [0.15, 0.2) is 52.0 Å². The molecule has 0 bridgehead atoms. The van der Waals surface area contributed by atoms with E-state index in [4.69, 9.17) is 4.74 Å². The second kappa shape index (κ2) is 6.48. The van der Waals surface area contributed by atoms with E-state index in [1.165, 1.54) is 0 Å². The third-order valence-corrected chi connectivity index (χ3v) is 4.18. The lowest BCUT2D eigenvalue weighted by Crippen LogP contribution is -1.99. The van der Waals surface area contributed by atoms with Crippen LogP contribution in [0.4, 0.5) is 5.95 Å². The van der Waals surface area contributed by atoms with Gasteiger partial charge in [0.15, 0.2) is 5.65 Å². The normalized spacial score (nSPS) is 11.4. The van der Waals surface area contributed by atoms with Crippen LogP contribution in [0, 0.1) is 0 Å². The van der Waals surface area contributed by atoms with Crippen LogP contribution in [-0.2, 0) is 0 Å². The van der Waals surface area contributed by atoms with E-state index in [-0.39, 0.29) is 0 Å². The first kappa shape index (κ1) is 15.5. The molecule has 0 spiro atoms. The van der Waals surface area contributed by atoms with E-state index in [1.54, 1.807) is 13.3 Å². The zero-order valence-corrected chi connectivity index (χ0v) is 14.8. The lowest BCUT2D eigenvalue weighted by molar-refractivity contribution is 0.414. The van der Waals surface area contributed by atoms with Gasteiger partial charge in [0.25, 0.3) is 5.95 Å². The number of hydrogen-bond acceptors (Lipinski definition) is 6. The first-order valence-corrected chi connectivity index (χ1v) is 8.27. The number of nitrogens with zero attached hydrogens (tertiary/aromatic N) is 4. The summed E-state index contributed by atoms with van der Waals surface area (Å²) < 4.78 is 6.24.